The molecule has 29 heavy (non-hydrogen) atoms. The summed E-state index contributed by atoms with van der Waals surface area (Å²) in [7, 11) is 3.07. The minimum absolute atomic E-state index is 0.103. The van der Waals surface area contributed by atoms with Gasteiger partial charge in [0.05, 0.1) is 20.3 Å². The molecule has 0 saturated carbocycles. The molecule has 0 aromatic heterocycles. The predicted molar refractivity (Wildman–Crippen MR) is 107 cm³/mol. The molecule has 9 nitrogen and oxygen atoms in total. The van der Waals surface area contributed by atoms with Gasteiger partial charge < -0.3 is 30.7 Å². The van der Waals surface area contributed by atoms with E-state index in [-0.39, 0.29) is 18.4 Å². The van der Waals surface area contributed by atoms with Crippen LogP contribution >= 0.6 is 0 Å². The molecule has 0 aliphatic carbocycles. The smallest absolute Gasteiger partial charge is 0.319 e. The minimum atomic E-state index is -0.541. The van der Waals surface area contributed by atoms with Gasteiger partial charge in [-0.05, 0) is 36.4 Å². The Morgan fingerprint density at radius 3 is 2.38 bits per heavy atom. The number of carbonyl (C=O) groups is 3. The average Bonchev–Trinajstić information content (AvgIpc) is 3.07. The molecule has 1 heterocycles. The Hall–Kier alpha value is -3.75. The lowest BCUT2D eigenvalue weighted by Gasteiger charge is -2.19. The van der Waals surface area contributed by atoms with Gasteiger partial charge in [0, 0.05) is 36.0 Å². The van der Waals surface area contributed by atoms with Gasteiger partial charge in [0.2, 0.25) is 11.8 Å². The Labute approximate surface area is 167 Å². The number of nitrogens with one attached hydrogen (secondary N) is 2. The van der Waals surface area contributed by atoms with Crippen LogP contribution < -0.4 is 30.7 Å². The number of hydrogen-bond acceptors (Lipinski definition) is 5. The Balaban J connectivity index is 1.61. The molecule has 3 rings (SSSR count). The number of primary amides is 1. The maximum Gasteiger partial charge on any atom is 0.319 e. The number of amides is 4. The first-order valence-corrected chi connectivity index (χ1v) is 8.91. The summed E-state index contributed by atoms with van der Waals surface area (Å²) >= 11 is 0. The van der Waals surface area contributed by atoms with Gasteiger partial charge in [-0.1, -0.05) is 0 Å². The molecular formula is C20H22N4O5. The molecule has 0 radical (unpaired) electrons. The van der Waals surface area contributed by atoms with E-state index >= 15 is 0 Å². The second kappa shape index (κ2) is 8.51. The van der Waals surface area contributed by atoms with E-state index in [0.717, 1.165) is 0 Å². The van der Waals surface area contributed by atoms with E-state index in [0.29, 0.717) is 35.0 Å². The second-order valence-corrected chi connectivity index (χ2v) is 6.48. The predicted octanol–water partition coefficient (Wildman–Crippen LogP) is 1.73. The van der Waals surface area contributed by atoms with Gasteiger partial charge in [0.15, 0.2) is 11.5 Å². The zero-order valence-corrected chi connectivity index (χ0v) is 16.1. The number of nitrogens with zero attached hydrogens (tertiary/aromatic N) is 1. The first-order chi connectivity index (χ1) is 13.9. The maximum atomic E-state index is 12.4. The normalized spacial score (nSPS) is 15.7. The number of nitrogens with two attached hydrogens (primary N) is 1. The fraction of sp³-hybridized carbons (Fsp3) is 0.250. The van der Waals surface area contributed by atoms with Crippen LogP contribution in [0.5, 0.6) is 11.5 Å². The maximum absolute atomic E-state index is 12.4. The van der Waals surface area contributed by atoms with Crippen molar-refractivity contribution in [2.45, 2.75) is 12.5 Å². The van der Waals surface area contributed by atoms with Crippen LogP contribution in [0.15, 0.2) is 42.5 Å². The minimum Gasteiger partial charge on any atom is -0.493 e. The highest BCUT2D eigenvalue weighted by Gasteiger charge is 2.32. The first kappa shape index (κ1) is 20.0. The highest BCUT2D eigenvalue weighted by molar-refractivity contribution is 5.98. The summed E-state index contributed by atoms with van der Waals surface area (Å²) in [5.74, 6) is 0.444. The topological polar surface area (TPSA) is 123 Å². The summed E-state index contributed by atoms with van der Waals surface area (Å²) in [6.45, 7) is 0.336. The van der Waals surface area contributed by atoms with E-state index in [1.807, 2.05) is 0 Å². The summed E-state index contributed by atoms with van der Waals surface area (Å²) in [6, 6.07) is 10.6. The van der Waals surface area contributed by atoms with Crippen LogP contribution in [-0.2, 0) is 4.79 Å². The van der Waals surface area contributed by atoms with Gasteiger partial charge in [-0.25, -0.2) is 4.79 Å². The summed E-state index contributed by atoms with van der Waals surface area (Å²) in [5, 5.41) is 5.46. The molecule has 2 aromatic rings. The molecule has 1 aliphatic heterocycles. The van der Waals surface area contributed by atoms with Crippen LogP contribution in [0.1, 0.15) is 16.8 Å². The number of urea groups is 1. The standard InChI is InChI=1S/C20H22N4O5/c1-28-16-8-7-15(10-17(16)29-2)24-11-14(9-18(24)25)23-20(27)22-13-5-3-12(4-6-13)19(21)26/h3-8,10,14H,9,11H2,1-2H3,(H2,21,26)(H2,22,23,27). The highest BCUT2D eigenvalue weighted by Crippen LogP contribution is 2.33. The summed E-state index contributed by atoms with van der Waals surface area (Å²) in [4.78, 5) is 37.3. The number of carbonyl (C=O) groups excluding carboxylic acids is 3. The molecule has 1 fully saturated rings. The molecule has 4 N–H and O–H groups in total. The Bertz CT molecular complexity index is 929. The Kier molecular flexibility index (Phi) is 5.87. The van der Waals surface area contributed by atoms with Gasteiger partial charge in [0.25, 0.3) is 0 Å². The van der Waals surface area contributed by atoms with Crippen LogP contribution in [0, 0.1) is 0 Å². The van der Waals surface area contributed by atoms with E-state index in [9.17, 15) is 14.4 Å². The van der Waals surface area contributed by atoms with Crippen molar-refractivity contribution in [3.05, 3.63) is 48.0 Å². The van der Waals surface area contributed by atoms with Gasteiger partial charge in [-0.2, -0.15) is 0 Å². The number of rotatable bonds is 6. The highest BCUT2D eigenvalue weighted by atomic mass is 16.5. The van der Waals surface area contributed by atoms with Gasteiger partial charge in [-0.15, -0.1) is 0 Å². The van der Waals surface area contributed by atoms with Crippen molar-refractivity contribution < 1.29 is 23.9 Å². The fourth-order valence-electron chi connectivity index (χ4n) is 3.12. The van der Waals surface area contributed by atoms with Crippen molar-refractivity contribution in [2.24, 2.45) is 5.73 Å². The lowest BCUT2D eigenvalue weighted by atomic mass is 10.2. The third-order valence-electron chi connectivity index (χ3n) is 4.57. The van der Waals surface area contributed by atoms with Gasteiger partial charge in [0.1, 0.15) is 0 Å². The van der Waals surface area contributed by atoms with Crippen LogP contribution in [0.2, 0.25) is 0 Å². The molecule has 1 aliphatic rings. The van der Waals surface area contributed by atoms with Crippen LogP contribution in [0.25, 0.3) is 0 Å². The van der Waals surface area contributed by atoms with Gasteiger partial charge >= 0.3 is 6.03 Å². The van der Waals surface area contributed by atoms with E-state index in [1.165, 1.54) is 19.2 Å². The van der Waals surface area contributed by atoms with Gasteiger partial charge in [-0.3, -0.25) is 9.59 Å². The molecular weight excluding hydrogens is 376 g/mol. The third-order valence-corrected chi connectivity index (χ3v) is 4.57. The molecule has 1 unspecified atom stereocenters. The fourth-order valence-corrected chi connectivity index (χ4v) is 3.12. The molecule has 4 amide bonds. The third kappa shape index (κ3) is 4.57. The molecule has 9 heteroatoms. The summed E-state index contributed by atoms with van der Waals surface area (Å²) in [6.07, 6.45) is 0.183. The summed E-state index contributed by atoms with van der Waals surface area (Å²) < 4.78 is 10.5. The quantitative estimate of drug-likeness (QED) is 0.684. The lowest BCUT2D eigenvalue weighted by molar-refractivity contribution is -0.117. The van der Waals surface area contributed by atoms with Crippen LogP contribution in [0.4, 0.5) is 16.2 Å². The average molecular weight is 398 g/mol. The first-order valence-electron chi connectivity index (χ1n) is 8.91. The van der Waals surface area contributed by atoms with E-state index in [4.69, 9.17) is 15.2 Å². The Morgan fingerprint density at radius 2 is 1.76 bits per heavy atom. The molecule has 2 aromatic carbocycles. The SMILES string of the molecule is COc1ccc(N2CC(NC(=O)Nc3ccc(C(N)=O)cc3)CC2=O)cc1OC. The van der Waals surface area contributed by atoms with E-state index in [2.05, 4.69) is 10.6 Å². The van der Waals surface area contributed by atoms with Crippen molar-refractivity contribution in [3.8, 4) is 11.5 Å². The van der Waals surface area contributed by atoms with Crippen molar-refractivity contribution in [3.63, 3.8) is 0 Å². The largest absolute Gasteiger partial charge is 0.493 e. The van der Waals surface area contributed by atoms with Crippen molar-refractivity contribution in [1.82, 2.24) is 5.32 Å². The zero-order chi connectivity index (χ0) is 21.0. The molecule has 1 atom stereocenters. The second-order valence-electron chi connectivity index (χ2n) is 6.48. The monoisotopic (exact) mass is 398 g/mol. The molecule has 0 spiro atoms. The number of hydrogen-bond donors (Lipinski definition) is 3. The molecule has 1 saturated heterocycles. The van der Waals surface area contributed by atoms with Crippen molar-refractivity contribution in [2.75, 3.05) is 31.0 Å². The number of methoxy groups -OCH3 is 2. The zero-order valence-electron chi connectivity index (χ0n) is 16.1. The number of anilines is 2. The molecule has 0 bridgehead atoms. The van der Waals surface area contributed by atoms with Crippen LogP contribution in [-0.4, -0.2) is 44.7 Å². The lowest BCUT2D eigenvalue weighted by Crippen LogP contribution is -2.39. The van der Waals surface area contributed by atoms with E-state index in [1.54, 1.807) is 42.3 Å². The van der Waals surface area contributed by atoms with Crippen LogP contribution in [0.3, 0.4) is 0 Å². The van der Waals surface area contributed by atoms with Crippen molar-refractivity contribution in [1.29, 1.82) is 0 Å². The Morgan fingerprint density at radius 1 is 1.07 bits per heavy atom. The molecule has 152 valence electrons. The number of benzene rings is 2. The van der Waals surface area contributed by atoms with E-state index < -0.39 is 11.9 Å². The number of ether oxygens (including phenoxy) is 2. The summed E-state index contributed by atoms with van der Waals surface area (Å²) in [5.41, 5.74) is 6.72. The van der Waals surface area contributed by atoms with Crippen molar-refractivity contribution >= 4 is 29.2 Å².